The second kappa shape index (κ2) is 6.02. The minimum atomic E-state index is -0.572. The Morgan fingerprint density at radius 3 is 2.78 bits per heavy atom. The summed E-state index contributed by atoms with van der Waals surface area (Å²) >= 11 is 0. The predicted molar refractivity (Wildman–Crippen MR) is 81.0 cm³/mol. The number of carbonyl (C=O) groups is 2. The van der Waals surface area contributed by atoms with E-state index in [1.54, 1.807) is 18.9 Å². The number of amides is 2. The van der Waals surface area contributed by atoms with Gasteiger partial charge in [0.25, 0.3) is 5.91 Å². The van der Waals surface area contributed by atoms with Gasteiger partial charge in [0.1, 0.15) is 17.6 Å². The number of allylic oxidation sites excluding steroid dienone is 1. The summed E-state index contributed by atoms with van der Waals surface area (Å²) in [5, 5.41) is 10.8. The average molecular weight is 319 g/mol. The van der Waals surface area contributed by atoms with Crippen LogP contribution in [0.3, 0.4) is 0 Å². The summed E-state index contributed by atoms with van der Waals surface area (Å²) in [6.45, 7) is 4.92. The van der Waals surface area contributed by atoms with Gasteiger partial charge in [0.15, 0.2) is 5.82 Å². The topological polar surface area (TPSA) is 89.4 Å². The van der Waals surface area contributed by atoms with Crippen LogP contribution in [0.15, 0.2) is 11.3 Å². The Labute approximate surface area is 134 Å². The molecule has 0 saturated heterocycles. The fourth-order valence-electron chi connectivity index (χ4n) is 3.09. The largest absolute Gasteiger partial charge is 0.498 e. The third-order valence-corrected chi connectivity index (χ3v) is 4.44. The first-order valence-corrected chi connectivity index (χ1v) is 7.76. The number of hydrogen-bond acceptors (Lipinski definition) is 5. The molecule has 0 radical (unpaired) electrons. The number of likely N-dealkylation sites (N-methyl/N-ethyl adjacent to an activating group) is 1. The lowest BCUT2D eigenvalue weighted by atomic mass is 10.0. The monoisotopic (exact) mass is 319 g/mol. The lowest BCUT2D eigenvalue weighted by Crippen LogP contribution is -2.54. The Kier molecular flexibility index (Phi) is 4.06. The van der Waals surface area contributed by atoms with Crippen molar-refractivity contribution in [3.05, 3.63) is 23.0 Å². The highest BCUT2D eigenvalue weighted by molar-refractivity contribution is 5.97. The molecule has 0 spiro atoms. The molecule has 1 N–H and O–H groups in total. The minimum Gasteiger partial charge on any atom is -0.498 e. The van der Waals surface area contributed by atoms with Gasteiger partial charge in [-0.3, -0.25) is 9.59 Å². The molecule has 3 rings (SSSR count). The summed E-state index contributed by atoms with van der Waals surface area (Å²) < 4.78 is 7.39. The van der Waals surface area contributed by atoms with Crippen LogP contribution in [0.2, 0.25) is 0 Å². The molecule has 1 aromatic heterocycles. The van der Waals surface area contributed by atoms with E-state index in [-0.39, 0.29) is 18.4 Å². The summed E-state index contributed by atoms with van der Waals surface area (Å²) in [5.74, 6) is 1.76. The molecule has 0 aliphatic carbocycles. The van der Waals surface area contributed by atoms with Crippen LogP contribution in [0.25, 0.3) is 0 Å². The molecule has 8 nitrogen and oxygen atoms in total. The van der Waals surface area contributed by atoms with Crippen molar-refractivity contribution in [3.8, 4) is 0 Å². The molecule has 2 aliphatic rings. The Bertz CT molecular complexity index is 679. The first-order valence-electron chi connectivity index (χ1n) is 7.76. The molecule has 0 aromatic carbocycles. The first kappa shape index (κ1) is 15.5. The Hall–Kier alpha value is -2.38. The molecular weight excluding hydrogens is 298 g/mol. The van der Waals surface area contributed by atoms with Gasteiger partial charge >= 0.3 is 0 Å². The van der Waals surface area contributed by atoms with Gasteiger partial charge in [-0.05, 0) is 26.7 Å². The summed E-state index contributed by atoms with van der Waals surface area (Å²) in [6, 6.07) is -0.572. The van der Waals surface area contributed by atoms with Crippen molar-refractivity contribution >= 4 is 11.8 Å². The van der Waals surface area contributed by atoms with Crippen molar-refractivity contribution in [2.24, 2.45) is 0 Å². The lowest BCUT2D eigenvalue weighted by Gasteiger charge is -2.36. The molecule has 3 heterocycles. The second-order valence-corrected chi connectivity index (χ2v) is 5.82. The number of rotatable bonds is 2. The SMILES string of the molecule is CNC(=O)C1Cn2c(C)nnc2CN1C(=O)C1=C(C)OCCC1. The second-order valence-electron chi connectivity index (χ2n) is 5.82. The number of nitrogens with zero attached hydrogens (tertiary/aromatic N) is 4. The molecule has 23 heavy (non-hydrogen) atoms. The first-order chi connectivity index (χ1) is 11.0. The standard InChI is InChI=1S/C15H21N5O3/c1-9-11(5-4-6-23-9)15(22)20-8-13-18-17-10(2)19(13)7-12(20)14(21)16-3/h12H,4-8H2,1-3H3,(H,16,21). The summed E-state index contributed by atoms with van der Waals surface area (Å²) in [4.78, 5) is 26.8. The molecule has 124 valence electrons. The predicted octanol–water partition coefficient (Wildman–Crippen LogP) is 0.128. The quantitative estimate of drug-likeness (QED) is 0.837. The highest BCUT2D eigenvalue weighted by Crippen LogP contribution is 2.25. The number of nitrogens with one attached hydrogen (secondary N) is 1. The van der Waals surface area contributed by atoms with E-state index in [9.17, 15) is 9.59 Å². The number of ether oxygens (including phenoxy) is 1. The van der Waals surface area contributed by atoms with E-state index in [1.807, 2.05) is 11.5 Å². The zero-order valence-corrected chi connectivity index (χ0v) is 13.6. The molecule has 8 heteroatoms. The minimum absolute atomic E-state index is 0.150. The number of fused-ring (bicyclic) bond motifs is 1. The van der Waals surface area contributed by atoms with Gasteiger partial charge in [-0.15, -0.1) is 10.2 Å². The van der Waals surface area contributed by atoms with Crippen LogP contribution < -0.4 is 5.32 Å². The molecule has 2 amide bonds. The Morgan fingerprint density at radius 1 is 1.30 bits per heavy atom. The van der Waals surface area contributed by atoms with Crippen LogP contribution in [0.1, 0.15) is 31.4 Å². The Balaban J connectivity index is 1.95. The summed E-state index contributed by atoms with van der Waals surface area (Å²) in [5.41, 5.74) is 0.648. The fraction of sp³-hybridized carbons (Fsp3) is 0.600. The smallest absolute Gasteiger partial charge is 0.254 e. The Morgan fingerprint density at radius 2 is 2.09 bits per heavy atom. The van der Waals surface area contributed by atoms with Crippen molar-refractivity contribution in [1.29, 1.82) is 0 Å². The summed E-state index contributed by atoms with van der Waals surface area (Å²) in [7, 11) is 1.58. The maximum Gasteiger partial charge on any atom is 0.254 e. The fourth-order valence-corrected chi connectivity index (χ4v) is 3.09. The van der Waals surface area contributed by atoms with Crippen LogP contribution in [0, 0.1) is 6.92 Å². The molecule has 2 aliphatic heterocycles. The van der Waals surface area contributed by atoms with Gasteiger partial charge in [0.2, 0.25) is 5.91 Å². The van der Waals surface area contributed by atoms with Gasteiger partial charge < -0.3 is 19.5 Å². The van der Waals surface area contributed by atoms with Crippen molar-refractivity contribution in [2.45, 2.75) is 45.8 Å². The van der Waals surface area contributed by atoms with E-state index in [0.717, 1.165) is 12.2 Å². The molecule has 0 bridgehead atoms. The van der Waals surface area contributed by atoms with Gasteiger partial charge in [-0.1, -0.05) is 0 Å². The van der Waals surface area contributed by atoms with E-state index in [2.05, 4.69) is 15.5 Å². The van der Waals surface area contributed by atoms with Crippen LogP contribution in [0.5, 0.6) is 0 Å². The van der Waals surface area contributed by atoms with Crippen LogP contribution >= 0.6 is 0 Å². The van der Waals surface area contributed by atoms with E-state index in [1.165, 1.54) is 0 Å². The zero-order chi connectivity index (χ0) is 16.6. The van der Waals surface area contributed by atoms with Gasteiger partial charge in [0, 0.05) is 7.05 Å². The molecule has 0 fully saturated rings. The third kappa shape index (κ3) is 2.69. The van der Waals surface area contributed by atoms with Crippen molar-refractivity contribution in [1.82, 2.24) is 25.0 Å². The normalized spacial score (nSPS) is 20.8. The highest BCUT2D eigenvalue weighted by Gasteiger charge is 2.37. The van der Waals surface area contributed by atoms with Gasteiger partial charge in [-0.25, -0.2) is 0 Å². The number of hydrogen-bond donors (Lipinski definition) is 1. The van der Waals surface area contributed by atoms with Crippen molar-refractivity contribution < 1.29 is 14.3 Å². The van der Waals surface area contributed by atoms with Crippen LogP contribution in [0.4, 0.5) is 0 Å². The molecule has 1 aromatic rings. The van der Waals surface area contributed by atoms with E-state index in [0.29, 0.717) is 36.7 Å². The molecular formula is C15H21N5O3. The van der Waals surface area contributed by atoms with E-state index < -0.39 is 6.04 Å². The zero-order valence-electron chi connectivity index (χ0n) is 13.6. The number of carbonyl (C=O) groups excluding carboxylic acids is 2. The molecule has 1 unspecified atom stereocenters. The molecule has 0 saturated carbocycles. The lowest BCUT2D eigenvalue weighted by molar-refractivity contribution is -0.140. The van der Waals surface area contributed by atoms with Crippen LogP contribution in [-0.4, -0.2) is 51.2 Å². The number of aromatic nitrogens is 3. The molecule has 1 atom stereocenters. The number of aryl methyl sites for hydroxylation is 1. The van der Waals surface area contributed by atoms with Gasteiger partial charge in [0.05, 0.1) is 25.3 Å². The highest BCUT2D eigenvalue weighted by atomic mass is 16.5. The van der Waals surface area contributed by atoms with Gasteiger partial charge in [-0.2, -0.15) is 0 Å². The summed E-state index contributed by atoms with van der Waals surface area (Å²) in [6.07, 6.45) is 1.49. The average Bonchev–Trinajstić information content (AvgIpc) is 2.93. The maximum atomic E-state index is 13.0. The van der Waals surface area contributed by atoms with E-state index >= 15 is 0 Å². The van der Waals surface area contributed by atoms with Crippen molar-refractivity contribution in [3.63, 3.8) is 0 Å². The van der Waals surface area contributed by atoms with E-state index in [4.69, 9.17) is 4.74 Å². The van der Waals surface area contributed by atoms with Crippen LogP contribution in [-0.2, 0) is 27.4 Å². The third-order valence-electron chi connectivity index (χ3n) is 4.44. The maximum absolute atomic E-state index is 13.0. The van der Waals surface area contributed by atoms with Crippen molar-refractivity contribution in [2.75, 3.05) is 13.7 Å².